The molecule has 0 fully saturated rings. The third-order valence-electron chi connectivity index (χ3n) is 2.61. The molecule has 1 aromatic carbocycles. The lowest BCUT2D eigenvalue weighted by molar-refractivity contribution is -0.144. The van der Waals surface area contributed by atoms with Crippen LogP contribution < -0.4 is 0 Å². The van der Waals surface area contributed by atoms with E-state index < -0.39 is 0 Å². The average molecular weight is 234 g/mol. The molecule has 0 aliphatic heterocycles. The van der Waals surface area contributed by atoms with Crippen molar-refractivity contribution in [2.24, 2.45) is 0 Å². The van der Waals surface area contributed by atoms with Gasteiger partial charge in [-0.2, -0.15) is 0 Å². The molecule has 1 N–H and O–H groups in total. The van der Waals surface area contributed by atoms with Gasteiger partial charge in [-0.05, 0) is 37.5 Å². The lowest BCUT2D eigenvalue weighted by atomic mass is 9.97. The van der Waals surface area contributed by atoms with Gasteiger partial charge in [-0.25, -0.2) is 0 Å². The summed E-state index contributed by atoms with van der Waals surface area (Å²) in [6.45, 7) is 7.59. The predicted molar refractivity (Wildman–Crippen MR) is 67.1 cm³/mol. The van der Waals surface area contributed by atoms with Crippen LogP contribution in [-0.4, -0.2) is 17.7 Å². The summed E-state index contributed by atoms with van der Waals surface area (Å²) in [7, 11) is 0. The van der Waals surface area contributed by atoms with Crippen LogP contribution in [-0.2, 0) is 16.0 Å². The molecular formula is C14H18O3. The van der Waals surface area contributed by atoms with Gasteiger partial charge in [0.05, 0.1) is 12.5 Å². The van der Waals surface area contributed by atoms with E-state index >= 15 is 0 Å². The summed E-state index contributed by atoms with van der Waals surface area (Å²) in [4.78, 5) is 11.6. The molecule has 1 unspecified atom stereocenters. The number of carbonyl (C=O) groups is 1. The Bertz CT molecular complexity index is 410. The van der Waals surface area contributed by atoms with Crippen LogP contribution in [0.3, 0.4) is 0 Å². The number of phenols is 1. The molecule has 1 atom stereocenters. The Morgan fingerprint density at radius 3 is 2.88 bits per heavy atom. The zero-order chi connectivity index (χ0) is 12.8. The van der Waals surface area contributed by atoms with E-state index in [-0.39, 0.29) is 17.6 Å². The Labute approximate surface area is 102 Å². The van der Waals surface area contributed by atoms with Crippen molar-refractivity contribution < 1.29 is 14.6 Å². The van der Waals surface area contributed by atoms with Crippen molar-refractivity contribution in [2.45, 2.75) is 26.2 Å². The standard InChI is InChI=1S/C14H18O3/c1-4-6-12-9-11(7-8-13(12)15)10(3)14(16)17-5-2/h4,7-10,15H,1,5-6H2,2-3H3. The Balaban J connectivity index is 2.94. The topological polar surface area (TPSA) is 46.5 Å². The predicted octanol–water partition coefficient (Wildman–Crippen LogP) is 2.79. The summed E-state index contributed by atoms with van der Waals surface area (Å²) in [5.41, 5.74) is 1.62. The van der Waals surface area contributed by atoms with Crippen molar-refractivity contribution in [3.05, 3.63) is 42.0 Å². The second kappa shape index (κ2) is 6.09. The van der Waals surface area contributed by atoms with E-state index in [1.165, 1.54) is 0 Å². The van der Waals surface area contributed by atoms with Crippen LogP contribution in [0.15, 0.2) is 30.9 Å². The van der Waals surface area contributed by atoms with Crippen molar-refractivity contribution in [3.63, 3.8) is 0 Å². The first-order chi connectivity index (χ1) is 8.10. The van der Waals surface area contributed by atoms with Gasteiger partial charge < -0.3 is 9.84 Å². The Morgan fingerprint density at radius 2 is 2.29 bits per heavy atom. The smallest absolute Gasteiger partial charge is 0.313 e. The third kappa shape index (κ3) is 3.34. The lowest BCUT2D eigenvalue weighted by Gasteiger charge is -2.12. The quantitative estimate of drug-likeness (QED) is 0.629. The molecule has 0 heterocycles. The maximum atomic E-state index is 11.6. The van der Waals surface area contributed by atoms with Crippen LogP contribution in [0.5, 0.6) is 5.75 Å². The highest BCUT2D eigenvalue weighted by molar-refractivity contribution is 5.77. The first kappa shape index (κ1) is 13.3. The summed E-state index contributed by atoms with van der Waals surface area (Å²) in [6, 6.07) is 5.16. The number of esters is 1. The second-order valence-corrected chi connectivity index (χ2v) is 3.85. The number of aromatic hydroxyl groups is 1. The molecule has 0 bridgehead atoms. The molecule has 3 nitrogen and oxygen atoms in total. The molecule has 0 saturated heterocycles. The number of ether oxygens (including phenoxy) is 1. The highest BCUT2D eigenvalue weighted by Crippen LogP contribution is 2.24. The van der Waals surface area contributed by atoms with Gasteiger partial charge in [0.25, 0.3) is 0 Å². The van der Waals surface area contributed by atoms with Crippen molar-refractivity contribution in [2.75, 3.05) is 6.61 Å². The highest BCUT2D eigenvalue weighted by Gasteiger charge is 2.17. The molecule has 0 spiro atoms. The minimum Gasteiger partial charge on any atom is -0.508 e. The second-order valence-electron chi connectivity index (χ2n) is 3.85. The van der Waals surface area contributed by atoms with Gasteiger partial charge in [0.1, 0.15) is 5.75 Å². The molecule has 0 aliphatic carbocycles. The molecule has 1 rings (SSSR count). The van der Waals surface area contributed by atoms with Gasteiger partial charge in [0.15, 0.2) is 0 Å². The van der Waals surface area contributed by atoms with Crippen molar-refractivity contribution in [1.29, 1.82) is 0 Å². The number of phenolic OH excluding ortho intramolecular Hbond substituents is 1. The Kier molecular flexibility index (Phi) is 4.76. The normalized spacial score (nSPS) is 11.9. The molecule has 0 saturated carbocycles. The molecular weight excluding hydrogens is 216 g/mol. The molecule has 1 aromatic rings. The van der Waals surface area contributed by atoms with Gasteiger partial charge in [-0.1, -0.05) is 18.2 Å². The first-order valence-electron chi connectivity index (χ1n) is 5.69. The fraction of sp³-hybridized carbons (Fsp3) is 0.357. The molecule has 0 radical (unpaired) electrons. The fourth-order valence-corrected chi connectivity index (χ4v) is 1.60. The van der Waals surface area contributed by atoms with E-state index in [0.29, 0.717) is 13.0 Å². The Hall–Kier alpha value is -1.77. The molecule has 92 valence electrons. The summed E-state index contributed by atoms with van der Waals surface area (Å²) in [5.74, 6) is -0.341. The van der Waals surface area contributed by atoms with Crippen molar-refractivity contribution in [1.82, 2.24) is 0 Å². The lowest BCUT2D eigenvalue weighted by Crippen LogP contribution is -2.13. The van der Waals surface area contributed by atoms with Gasteiger partial charge in [-0.15, -0.1) is 6.58 Å². The van der Waals surface area contributed by atoms with Crippen molar-refractivity contribution in [3.8, 4) is 5.75 Å². The van der Waals surface area contributed by atoms with Crippen LogP contribution in [0.1, 0.15) is 30.9 Å². The number of rotatable bonds is 5. The van der Waals surface area contributed by atoms with Crippen LogP contribution in [0, 0.1) is 0 Å². The minimum absolute atomic E-state index is 0.227. The molecule has 0 aromatic heterocycles. The summed E-state index contributed by atoms with van der Waals surface area (Å²) >= 11 is 0. The fourth-order valence-electron chi connectivity index (χ4n) is 1.60. The number of allylic oxidation sites excluding steroid dienone is 1. The largest absolute Gasteiger partial charge is 0.508 e. The maximum Gasteiger partial charge on any atom is 0.313 e. The zero-order valence-corrected chi connectivity index (χ0v) is 10.3. The van der Waals surface area contributed by atoms with Gasteiger partial charge in [0.2, 0.25) is 0 Å². The van der Waals surface area contributed by atoms with E-state index in [2.05, 4.69) is 6.58 Å². The van der Waals surface area contributed by atoms with Crippen LogP contribution >= 0.6 is 0 Å². The maximum absolute atomic E-state index is 11.6. The third-order valence-corrected chi connectivity index (χ3v) is 2.61. The number of carbonyl (C=O) groups excluding carboxylic acids is 1. The highest BCUT2D eigenvalue weighted by atomic mass is 16.5. The number of hydrogen-bond acceptors (Lipinski definition) is 3. The monoisotopic (exact) mass is 234 g/mol. The molecule has 0 amide bonds. The summed E-state index contributed by atoms with van der Waals surface area (Å²) in [5, 5.41) is 9.63. The van der Waals surface area contributed by atoms with E-state index in [0.717, 1.165) is 11.1 Å². The Morgan fingerprint density at radius 1 is 1.59 bits per heavy atom. The van der Waals surface area contributed by atoms with Crippen LogP contribution in [0.25, 0.3) is 0 Å². The first-order valence-corrected chi connectivity index (χ1v) is 5.69. The summed E-state index contributed by atoms with van der Waals surface area (Å²) < 4.78 is 4.97. The number of benzene rings is 1. The summed E-state index contributed by atoms with van der Waals surface area (Å²) in [6.07, 6.45) is 2.29. The van der Waals surface area contributed by atoms with E-state index in [4.69, 9.17) is 4.74 Å². The molecule has 3 heteroatoms. The van der Waals surface area contributed by atoms with Gasteiger partial charge in [0, 0.05) is 0 Å². The molecule has 17 heavy (non-hydrogen) atoms. The van der Waals surface area contributed by atoms with Gasteiger partial charge in [-0.3, -0.25) is 4.79 Å². The van der Waals surface area contributed by atoms with E-state index in [1.807, 2.05) is 6.07 Å². The number of hydrogen-bond donors (Lipinski definition) is 1. The van der Waals surface area contributed by atoms with E-state index in [9.17, 15) is 9.90 Å². The van der Waals surface area contributed by atoms with Crippen LogP contribution in [0.4, 0.5) is 0 Å². The SMILES string of the molecule is C=CCc1cc(C(C)C(=O)OCC)ccc1O. The zero-order valence-electron chi connectivity index (χ0n) is 10.3. The average Bonchev–Trinajstić information content (AvgIpc) is 2.31. The van der Waals surface area contributed by atoms with Crippen LogP contribution in [0.2, 0.25) is 0 Å². The molecule has 0 aliphatic rings. The minimum atomic E-state index is -0.320. The van der Waals surface area contributed by atoms with E-state index in [1.54, 1.807) is 32.1 Å². The van der Waals surface area contributed by atoms with Gasteiger partial charge >= 0.3 is 5.97 Å². The van der Waals surface area contributed by atoms with Crippen molar-refractivity contribution >= 4 is 5.97 Å².